The van der Waals surface area contributed by atoms with Crippen LogP contribution in [0.1, 0.15) is 18.4 Å². The maximum atomic E-state index is 15.3. The predicted octanol–water partition coefficient (Wildman–Crippen LogP) is 2.04. The van der Waals surface area contributed by atoms with E-state index in [1.165, 1.54) is 12.4 Å². The number of nitrogens with zero attached hydrogens (tertiary/aromatic N) is 8. The first kappa shape index (κ1) is 22.4. The third kappa shape index (κ3) is 4.67. The summed E-state index contributed by atoms with van der Waals surface area (Å²) in [6.45, 7) is 0.887. The number of aliphatic hydroxyl groups is 1. The number of nitrogens with one attached hydrogen (secondary N) is 1. The zero-order chi connectivity index (χ0) is 24.2. The van der Waals surface area contributed by atoms with Gasteiger partial charge in [0.2, 0.25) is 11.8 Å². The Kier molecular flexibility index (Phi) is 6.32. The molecule has 5 heterocycles. The van der Waals surface area contributed by atoms with Gasteiger partial charge in [0.15, 0.2) is 11.6 Å². The third-order valence-corrected chi connectivity index (χ3v) is 5.63. The molecule has 1 atom stereocenters. The molecule has 11 nitrogen and oxygen atoms in total. The van der Waals surface area contributed by atoms with Crippen LogP contribution in [0.5, 0.6) is 5.88 Å². The van der Waals surface area contributed by atoms with Crippen molar-refractivity contribution in [2.75, 3.05) is 36.5 Å². The molecule has 4 aromatic heterocycles. The van der Waals surface area contributed by atoms with E-state index in [1.807, 2.05) is 29.2 Å². The number of rotatable bonds is 7. The van der Waals surface area contributed by atoms with Crippen LogP contribution in [-0.2, 0) is 0 Å². The minimum atomic E-state index is -0.731. The van der Waals surface area contributed by atoms with E-state index in [0.29, 0.717) is 23.6 Å². The standard InChI is InChI=1S/C23H22FN9O2/c24-19-21(29-16-4-3-6-32(14-16)23-26-11-15(10-25)12-27-23)30-20(31-22(19)35-9-8-34)17-13-28-33-7-2-1-5-18(17)33/h1-2,5,7,11-13,16,34H,3-4,6,8-9,14H2,(H,29,30,31)/t16-/m1/s1. The van der Waals surface area contributed by atoms with Crippen molar-refractivity contribution < 1.29 is 14.2 Å². The molecule has 1 aliphatic heterocycles. The number of piperidine rings is 1. The van der Waals surface area contributed by atoms with Gasteiger partial charge in [-0.05, 0) is 25.0 Å². The van der Waals surface area contributed by atoms with E-state index in [9.17, 15) is 0 Å². The van der Waals surface area contributed by atoms with Crippen LogP contribution < -0.4 is 15.0 Å². The molecular formula is C23H22FN9O2. The maximum absolute atomic E-state index is 15.3. The number of halogens is 1. The lowest BCUT2D eigenvalue weighted by Gasteiger charge is -2.33. The lowest BCUT2D eigenvalue weighted by atomic mass is 10.1. The van der Waals surface area contributed by atoms with E-state index in [4.69, 9.17) is 15.1 Å². The van der Waals surface area contributed by atoms with Gasteiger partial charge in [0.25, 0.3) is 5.88 Å². The average molecular weight is 475 g/mol. The fourth-order valence-corrected chi connectivity index (χ4v) is 4.00. The van der Waals surface area contributed by atoms with Crippen molar-refractivity contribution in [3.8, 4) is 23.3 Å². The Bertz CT molecular complexity index is 1370. The molecule has 5 rings (SSSR count). The summed E-state index contributed by atoms with van der Waals surface area (Å²) in [6.07, 6.45) is 8.00. The molecule has 0 spiro atoms. The molecule has 2 N–H and O–H groups in total. The first-order chi connectivity index (χ1) is 17.2. The lowest BCUT2D eigenvalue weighted by Crippen LogP contribution is -2.43. The fraction of sp³-hybridized carbons (Fsp3) is 0.304. The van der Waals surface area contributed by atoms with Crippen LogP contribution >= 0.6 is 0 Å². The van der Waals surface area contributed by atoms with Gasteiger partial charge in [-0.15, -0.1) is 0 Å². The van der Waals surface area contributed by atoms with Crippen molar-refractivity contribution in [2.24, 2.45) is 0 Å². The Balaban J connectivity index is 1.44. The molecule has 178 valence electrons. The molecule has 1 aliphatic rings. The van der Waals surface area contributed by atoms with Crippen molar-refractivity contribution in [3.63, 3.8) is 0 Å². The molecule has 0 aliphatic carbocycles. The van der Waals surface area contributed by atoms with Gasteiger partial charge in [-0.2, -0.15) is 19.7 Å². The maximum Gasteiger partial charge on any atom is 0.256 e. The summed E-state index contributed by atoms with van der Waals surface area (Å²) >= 11 is 0. The molecule has 0 saturated carbocycles. The average Bonchev–Trinajstić information content (AvgIpc) is 3.34. The van der Waals surface area contributed by atoms with Gasteiger partial charge in [-0.3, -0.25) is 0 Å². The number of ether oxygens (including phenoxy) is 1. The molecule has 0 aromatic carbocycles. The van der Waals surface area contributed by atoms with Gasteiger partial charge in [-0.25, -0.2) is 19.5 Å². The van der Waals surface area contributed by atoms with E-state index < -0.39 is 5.82 Å². The highest BCUT2D eigenvalue weighted by Gasteiger charge is 2.25. The van der Waals surface area contributed by atoms with Crippen LogP contribution in [0.4, 0.5) is 16.2 Å². The monoisotopic (exact) mass is 475 g/mol. The topological polar surface area (TPSA) is 137 Å². The van der Waals surface area contributed by atoms with Gasteiger partial charge in [0.1, 0.15) is 12.7 Å². The minimum Gasteiger partial charge on any atom is -0.473 e. The van der Waals surface area contributed by atoms with Crippen LogP contribution in [0.2, 0.25) is 0 Å². The Morgan fingerprint density at radius 3 is 2.89 bits per heavy atom. The highest BCUT2D eigenvalue weighted by molar-refractivity contribution is 5.76. The van der Waals surface area contributed by atoms with Crippen LogP contribution in [-0.4, -0.2) is 67.0 Å². The first-order valence-corrected chi connectivity index (χ1v) is 11.1. The van der Waals surface area contributed by atoms with E-state index in [0.717, 1.165) is 24.9 Å². The largest absolute Gasteiger partial charge is 0.473 e. The van der Waals surface area contributed by atoms with Gasteiger partial charge >= 0.3 is 0 Å². The summed E-state index contributed by atoms with van der Waals surface area (Å²) in [6, 6.07) is 7.45. The van der Waals surface area contributed by atoms with Gasteiger partial charge < -0.3 is 20.1 Å². The van der Waals surface area contributed by atoms with E-state index in [-0.39, 0.29) is 36.8 Å². The van der Waals surface area contributed by atoms with Crippen molar-refractivity contribution in [2.45, 2.75) is 18.9 Å². The Labute approximate surface area is 199 Å². The number of pyridine rings is 1. The van der Waals surface area contributed by atoms with Crippen molar-refractivity contribution in [1.82, 2.24) is 29.5 Å². The zero-order valence-corrected chi connectivity index (χ0v) is 18.7. The minimum absolute atomic E-state index is 0.00539. The molecule has 1 saturated heterocycles. The molecule has 0 bridgehead atoms. The molecule has 4 aromatic rings. The summed E-state index contributed by atoms with van der Waals surface area (Å²) in [5.41, 5.74) is 1.78. The van der Waals surface area contributed by atoms with Crippen LogP contribution in [0.3, 0.4) is 0 Å². The Morgan fingerprint density at radius 1 is 1.23 bits per heavy atom. The van der Waals surface area contributed by atoms with E-state index in [1.54, 1.807) is 16.9 Å². The highest BCUT2D eigenvalue weighted by Crippen LogP contribution is 2.29. The number of anilines is 2. The second-order valence-corrected chi connectivity index (χ2v) is 7.99. The third-order valence-electron chi connectivity index (χ3n) is 5.63. The van der Waals surface area contributed by atoms with Crippen molar-refractivity contribution in [3.05, 3.63) is 54.4 Å². The number of fused-ring (bicyclic) bond motifs is 1. The van der Waals surface area contributed by atoms with Crippen LogP contribution in [0.25, 0.3) is 16.9 Å². The molecule has 0 amide bonds. The SMILES string of the molecule is N#Cc1cnc(N2CCC[C@@H](Nc3nc(-c4cnn5ccccc45)nc(OCCO)c3F)C2)nc1. The summed E-state index contributed by atoms with van der Waals surface area (Å²) in [5.74, 6) is -0.204. The van der Waals surface area contributed by atoms with E-state index in [2.05, 4.69) is 30.4 Å². The normalized spacial score (nSPS) is 15.7. The molecule has 1 fully saturated rings. The van der Waals surface area contributed by atoms with Gasteiger partial charge in [-0.1, -0.05) is 6.07 Å². The fourth-order valence-electron chi connectivity index (χ4n) is 4.00. The number of nitriles is 1. The quantitative estimate of drug-likeness (QED) is 0.408. The molecule has 12 heteroatoms. The highest BCUT2D eigenvalue weighted by atomic mass is 19.1. The van der Waals surface area contributed by atoms with Gasteiger partial charge in [0, 0.05) is 25.3 Å². The van der Waals surface area contributed by atoms with Crippen molar-refractivity contribution in [1.29, 1.82) is 5.26 Å². The van der Waals surface area contributed by atoms with Crippen LogP contribution in [0, 0.1) is 17.1 Å². The molecule has 0 radical (unpaired) electrons. The summed E-state index contributed by atoms with van der Waals surface area (Å²) in [7, 11) is 0. The first-order valence-electron chi connectivity index (χ1n) is 11.1. The number of hydrogen-bond donors (Lipinski definition) is 2. The summed E-state index contributed by atoms with van der Waals surface area (Å²) in [4.78, 5) is 19.3. The Morgan fingerprint density at radius 2 is 2.09 bits per heavy atom. The number of aliphatic hydroxyl groups excluding tert-OH is 1. The molecule has 0 unspecified atom stereocenters. The zero-order valence-electron chi connectivity index (χ0n) is 18.7. The Hall–Kier alpha value is -4.37. The second kappa shape index (κ2) is 9.86. The number of hydrogen-bond acceptors (Lipinski definition) is 10. The molecular weight excluding hydrogens is 453 g/mol. The summed E-state index contributed by atoms with van der Waals surface area (Å²) < 4.78 is 22.4. The van der Waals surface area contributed by atoms with E-state index >= 15 is 4.39 Å². The van der Waals surface area contributed by atoms with Crippen molar-refractivity contribution >= 4 is 17.3 Å². The predicted molar refractivity (Wildman–Crippen MR) is 124 cm³/mol. The van der Waals surface area contributed by atoms with Gasteiger partial charge in [0.05, 0.1) is 41.8 Å². The van der Waals surface area contributed by atoms with Crippen LogP contribution in [0.15, 0.2) is 43.0 Å². The number of aromatic nitrogens is 6. The lowest BCUT2D eigenvalue weighted by molar-refractivity contribution is 0.191. The smallest absolute Gasteiger partial charge is 0.256 e. The molecule has 35 heavy (non-hydrogen) atoms. The second-order valence-electron chi connectivity index (χ2n) is 7.99. The summed E-state index contributed by atoms with van der Waals surface area (Å²) in [5, 5.41) is 25.6.